The van der Waals surface area contributed by atoms with Crippen LogP contribution in [0.4, 0.5) is 0 Å². The van der Waals surface area contributed by atoms with Gasteiger partial charge in [0.05, 0.1) is 13.7 Å². The first-order valence-electron chi connectivity index (χ1n) is 5.24. The lowest BCUT2D eigenvalue weighted by atomic mass is 10.1. The number of carbonyl (C=O) groups excluding carboxylic acids is 1. The summed E-state index contributed by atoms with van der Waals surface area (Å²) in [6.07, 6.45) is -4.06. The first-order chi connectivity index (χ1) is 8.58. The minimum absolute atomic E-state index is 0.121. The molecule has 1 aromatic heterocycles. The summed E-state index contributed by atoms with van der Waals surface area (Å²) in [6.45, 7) is -0.399. The molecule has 2 rings (SSSR count). The summed E-state index contributed by atoms with van der Waals surface area (Å²) in [5.74, 6) is -0.579. The maximum atomic E-state index is 11.2. The summed E-state index contributed by atoms with van der Waals surface area (Å²) in [5.41, 5.74) is 0.121. The van der Waals surface area contributed by atoms with Crippen molar-refractivity contribution < 1.29 is 29.6 Å². The molecule has 1 aliphatic rings. The third kappa shape index (κ3) is 2.25. The second-order valence-corrected chi connectivity index (χ2v) is 4.71. The molecule has 3 N–H and O–H groups in total. The standard InChI is InChI=1S/C10H13NO6S/c1-16-10(15)4-3-18-9(11-4)8-7(14)6(13)5(2-12)17-8/h3,5-8,12-14H,2H2,1H3/t5-,6+,7+,8-/m0/s1. The Labute approximate surface area is 107 Å². The van der Waals surface area contributed by atoms with Gasteiger partial charge < -0.3 is 24.8 Å². The van der Waals surface area contributed by atoms with Gasteiger partial charge in [0.25, 0.3) is 0 Å². The first-order valence-corrected chi connectivity index (χ1v) is 6.12. The van der Waals surface area contributed by atoms with Crippen LogP contribution >= 0.6 is 11.3 Å². The molecular formula is C10H13NO6S. The molecule has 0 radical (unpaired) electrons. The second kappa shape index (κ2) is 5.29. The predicted molar refractivity (Wildman–Crippen MR) is 60.2 cm³/mol. The molecule has 7 nitrogen and oxygen atoms in total. The number of aliphatic hydroxyl groups excluding tert-OH is 3. The Hall–Kier alpha value is -1.06. The average molecular weight is 275 g/mol. The summed E-state index contributed by atoms with van der Waals surface area (Å²) >= 11 is 1.12. The highest BCUT2D eigenvalue weighted by atomic mass is 32.1. The first kappa shape index (κ1) is 13.4. The van der Waals surface area contributed by atoms with Crippen LogP contribution < -0.4 is 0 Å². The fourth-order valence-electron chi connectivity index (χ4n) is 1.72. The Balaban J connectivity index is 2.17. The number of nitrogens with zero attached hydrogens (tertiary/aromatic N) is 1. The molecule has 2 heterocycles. The Kier molecular flexibility index (Phi) is 3.93. The molecule has 18 heavy (non-hydrogen) atoms. The predicted octanol–water partition coefficient (Wildman–Crippen LogP) is -0.916. The third-order valence-electron chi connectivity index (χ3n) is 2.70. The molecule has 0 spiro atoms. The zero-order valence-electron chi connectivity index (χ0n) is 9.52. The van der Waals surface area contributed by atoms with Crippen LogP contribution in [0.25, 0.3) is 0 Å². The smallest absolute Gasteiger partial charge is 0.357 e. The molecule has 0 amide bonds. The number of rotatable bonds is 3. The van der Waals surface area contributed by atoms with Crippen LogP contribution in [0.2, 0.25) is 0 Å². The normalized spacial score (nSPS) is 31.6. The molecule has 4 atom stereocenters. The molecule has 8 heteroatoms. The van der Waals surface area contributed by atoms with E-state index in [0.717, 1.165) is 11.3 Å². The number of aliphatic hydroxyl groups is 3. The molecule has 0 aliphatic carbocycles. The van der Waals surface area contributed by atoms with Crippen molar-refractivity contribution in [1.29, 1.82) is 0 Å². The Morgan fingerprint density at radius 2 is 2.28 bits per heavy atom. The molecule has 0 unspecified atom stereocenters. The molecule has 1 aromatic rings. The minimum atomic E-state index is -1.18. The van der Waals surface area contributed by atoms with Gasteiger partial charge in [0.2, 0.25) is 0 Å². The highest BCUT2D eigenvalue weighted by Crippen LogP contribution is 2.34. The number of carbonyl (C=O) groups is 1. The van der Waals surface area contributed by atoms with Gasteiger partial charge in [-0.1, -0.05) is 0 Å². The zero-order valence-corrected chi connectivity index (χ0v) is 10.3. The SMILES string of the molecule is COC(=O)c1csc([C@H]2O[C@@H](CO)[C@@H](O)[C@H]2O)n1. The molecule has 0 saturated carbocycles. The topological polar surface area (TPSA) is 109 Å². The molecule has 0 bridgehead atoms. The van der Waals surface area contributed by atoms with E-state index in [-0.39, 0.29) is 5.69 Å². The Morgan fingerprint density at radius 1 is 1.56 bits per heavy atom. The Bertz CT molecular complexity index is 436. The van der Waals surface area contributed by atoms with E-state index < -0.39 is 37.0 Å². The number of ether oxygens (including phenoxy) is 2. The highest BCUT2D eigenvalue weighted by molar-refractivity contribution is 7.09. The van der Waals surface area contributed by atoms with Crippen molar-refractivity contribution >= 4 is 17.3 Å². The van der Waals surface area contributed by atoms with Crippen molar-refractivity contribution in [1.82, 2.24) is 4.98 Å². The maximum Gasteiger partial charge on any atom is 0.357 e. The molecule has 1 saturated heterocycles. The Morgan fingerprint density at radius 3 is 2.83 bits per heavy atom. The van der Waals surface area contributed by atoms with E-state index in [1.807, 2.05) is 0 Å². The maximum absolute atomic E-state index is 11.2. The number of hydrogen-bond acceptors (Lipinski definition) is 8. The monoisotopic (exact) mass is 275 g/mol. The number of aromatic nitrogens is 1. The van der Waals surface area contributed by atoms with Crippen LogP contribution in [0, 0.1) is 0 Å². The van der Waals surface area contributed by atoms with E-state index in [2.05, 4.69) is 9.72 Å². The van der Waals surface area contributed by atoms with E-state index >= 15 is 0 Å². The van der Waals surface area contributed by atoms with Gasteiger partial charge in [-0.2, -0.15) is 0 Å². The average Bonchev–Trinajstić information content (AvgIpc) is 2.96. The van der Waals surface area contributed by atoms with Crippen LogP contribution in [0.1, 0.15) is 21.6 Å². The fraction of sp³-hybridized carbons (Fsp3) is 0.600. The van der Waals surface area contributed by atoms with Crippen molar-refractivity contribution in [3.8, 4) is 0 Å². The number of hydrogen-bond donors (Lipinski definition) is 3. The second-order valence-electron chi connectivity index (χ2n) is 3.82. The van der Waals surface area contributed by atoms with E-state index in [1.165, 1.54) is 12.5 Å². The molecule has 100 valence electrons. The fourth-order valence-corrected chi connectivity index (χ4v) is 2.58. The van der Waals surface area contributed by atoms with Gasteiger partial charge >= 0.3 is 5.97 Å². The van der Waals surface area contributed by atoms with E-state index in [1.54, 1.807) is 0 Å². The van der Waals surface area contributed by atoms with Gasteiger partial charge in [-0.15, -0.1) is 11.3 Å². The summed E-state index contributed by atoms with van der Waals surface area (Å²) in [7, 11) is 1.24. The van der Waals surface area contributed by atoms with Gasteiger partial charge in [-0.05, 0) is 0 Å². The summed E-state index contributed by atoms with van der Waals surface area (Å²) in [4.78, 5) is 15.2. The van der Waals surface area contributed by atoms with E-state index in [9.17, 15) is 15.0 Å². The van der Waals surface area contributed by atoms with Crippen molar-refractivity contribution in [2.45, 2.75) is 24.4 Å². The van der Waals surface area contributed by atoms with Gasteiger partial charge in [0, 0.05) is 5.38 Å². The number of esters is 1. The van der Waals surface area contributed by atoms with Crippen molar-refractivity contribution in [3.63, 3.8) is 0 Å². The van der Waals surface area contributed by atoms with Crippen LogP contribution in [-0.2, 0) is 9.47 Å². The minimum Gasteiger partial charge on any atom is -0.464 e. The lowest BCUT2D eigenvalue weighted by molar-refractivity contribution is -0.0228. The summed E-state index contributed by atoms with van der Waals surface area (Å²) in [6, 6.07) is 0. The summed E-state index contributed by atoms with van der Waals surface area (Å²) < 4.78 is 9.81. The van der Waals surface area contributed by atoms with E-state index in [4.69, 9.17) is 9.84 Å². The molecular weight excluding hydrogens is 262 g/mol. The molecule has 1 aliphatic heterocycles. The van der Waals surface area contributed by atoms with Gasteiger partial charge in [0.1, 0.15) is 29.4 Å². The number of thiazole rings is 1. The van der Waals surface area contributed by atoms with Crippen LogP contribution in [-0.4, -0.2) is 58.3 Å². The summed E-state index contributed by atoms with van der Waals surface area (Å²) in [5, 5.41) is 30.2. The lowest BCUT2D eigenvalue weighted by Crippen LogP contribution is -2.32. The van der Waals surface area contributed by atoms with Crippen molar-refractivity contribution in [2.24, 2.45) is 0 Å². The van der Waals surface area contributed by atoms with Gasteiger partial charge in [-0.3, -0.25) is 0 Å². The highest BCUT2D eigenvalue weighted by Gasteiger charge is 2.44. The molecule has 0 aromatic carbocycles. The van der Waals surface area contributed by atoms with Crippen LogP contribution in [0.3, 0.4) is 0 Å². The zero-order chi connectivity index (χ0) is 13.3. The quantitative estimate of drug-likeness (QED) is 0.612. The van der Waals surface area contributed by atoms with Gasteiger partial charge in [-0.25, -0.2) is 9.78 Å². The van der Waals surface area contributed by atoms with Crippen molar-refractivity contribution in [2.75, 3.05) is 13.7 Å². The van der Waals surface area contributed by atoms with Crippen molar-refractivity contribution in [3.05, 3.63) is 16.1 Å². The largest absolute Gasteiger partial charge is 0.464 e. The van der Waals surface area contributed by atoms with Gasteiger partial charge in [0.15, 0.2) is 5.69 Å². The lowest BCUT2D eigenvalue weighted by Gasteiger charge is -2.11. The number of methoxy groups -OCH3 is 1. The van der Waals surface area contributed by atoms with E-state index in [0.29, 0.717) is 5.01 Å². The molecule has 1 fully saturated rings. The van der Waals surface area contributed by atoms with Crippen LogP contribution in [0.15, 0.2) is 5.38 Å². The van der Waals surface area contributed by atoms with Crippen LogP contribution in [0.5, 0.6) is 0 Å². The third-order valence-corrected chi connectivity index (χ3v) is 3.61.